The van der Waals surface area contributed by atoms with E-state index in [0.29, 0.717) is 17.4 Å². The topological polar surface area (TPSA) is 33.2 Å². The summed E-state index contributed by atoms with van der Waals surface area (Å²) in [5.74, 6) is 0.495. The molecule has 2 heterocycles. The second-order valence-electron chi connectivity index (χ2n) is 7.19. The summed E-state index contributed by atoms with van der Waals surface area (Å²) in [6, 6.07) is 13.8. The first-order valence-corrected chi connectivity index (χ1v) is 9.21. The highest BCUT2D eigenvalue weighted by Crippen LogP contribution is 2.44. The van der Waals surface area contributed by atoms with Gasteiger partial charge in [0.05, 0.1) is 5.56 Å². The summed E-state index contributed by atoms with van der Waals surface area (Å²) in [5, 5.41) is 0. The first kappa shape index (κ1) is 16.2. The number of benzene rings is 1. The van der Waals surface area contributed by atoms with Crippen molar-refractivity contribution in [1.82, 2.24) is 9.88 Å². The zero-order valence-electron chi connectivity index (χ0n) is 14.3. The molecule has 1 aromatic heterocycles. The van der Waals surface area contributed by atoms with E-state index < -0.39 is 5.95 Å². The van der Waals surface area contributed by atoms with Crippen molar-refractivity contribution < 1.29 is 9.18 Å². The van der Waals surface area contributed by atoms with Gasteiger partial charge in [-0.1, -0.05) is 43.2 Å². The average Bonchev–Trinajstić information content (AvgIpc) is 2.68. The number of nitrogens with zero attached hydrogens (tertiary/aromatic N) is 2. The molecule has 0 unspecified atom stereocenters. The van der Waals surface area contributed by atoms with E-state index in [1.807, 2.05) is 4.90 Å². The van der Waals surface area contributed by atoms with Gasteiger partial charge in [0.15, 0.2) is 0 Å². The summed E-state index contributed by atoms with van der Waals surface area (Å²) in [5.41, 5.74) is 1.89. The number of hydrogen-bond acceptors (Lipinski definition) is 2. The van der Waals surface area contributed by atoms with Gasteiger partial charge in [-0.25, -0.2) is 4.98 Å². The van der Waals surface area contributed by atoms with Gasteiger partial charge in [0.1, 0.15) is 0 Å². The second kappa shape index (κ2) is 6.95. The third-order valence-corrected chi connectivity index (χ3v) is 5.84. The van der Waals surface area contributed by atoms with E-state index in [4.69, 9.17) is 0 Å². The Hall–Kier alpha value is -2.23. The molecule has 4 rings (SSSR count). The molecule has 2 fully saturated rings. The number of amides is 1. The lowest BCUT2D eigenvalue weighted by Gasteiger charge is -2.48. The zero-order valence-corrected chi connectivity index (χ0v) is 14.3. The average molecular weight is 338 g/mol. The van der Waals surface area contributed by atoms with Crippen LogP contribution in [0.25, 0.3) is 0 Å². The summed E-state index contributed by atoms with van der Waals surface area (Å²) < 4.78 is 13.1. The molecule has 2 aromatic rings. The van der Waals surface area contributed by atoms with Gasteiger partial charge in [0.25, 0.3) is 5.91 Å². The van der Waals surface area contributed by atoms with Crippen LogP contribution in [0.1, 0.15) is 53.9 Å². The molecule has 0 bridgehead atoms. The number of carbonyl (C=O) groups excluding carboxylic acids is 1. The minimum absolute atomic E-state index is 0.00379. The standard InChI is InChI=1S/C21H23FN2O/c22-20-11-10-16(14-23-20)21(25)24-13-12-17(15-6-2-1-3-7-15)18-8-4-5-9-19(18)24/h1-3,6-7,10-11,14,17-19H,4-5,8-9,12-13H2/t17-,18-,19-/m1/s1. The van der Waals surface area contributed by atoms with Crippen molar-refractivity contribution in [3.05, 3.63) is 65.7 Å². The lowest BCUT2D eigenvalue weighted by molar-refractivity contribution is 0.0319. The maximum Gasteiger partial charge on any atom is 0.255 e. The summed E-state index contributed by atoms with van der Waals surface area (Å²) in [6.45, 7) is 0.761. The highest BCUT2D eigenvalue weighted by Gasteiger charge is 2.41. The number of pyridine rings is 1. The number of fused-ring (bicyclic) bond motifs is 1. The van der Waals surface area contributed by atoms with Crippen molar-refractivity contribution in [3.8, 4) is 0 Å². The predicted molar refractivity (Wildman–Crippen MR) is 94.8 cm³/mol. The third kappa shape index (κ3) is 3.17. The molecule has 4 heteroatoms. The van der Waals surface area contributed by atoms with Crippen LogP contribution in [0.2, 0.25) is 0 Å². The molecule has 3 atom stereocenters. The van der Waals surface area contributed by atoms with Crippen LogP contribution in [0.15, 0.2) is 48.7 Å². The second-order valence-corrected chi connectivity index (χ2v) is 7.19. The molecule has 0 N–H and O–H groups in total. The first-order valence-electron chi connectivity index (χ1n) is 9.21. The molecule has 1 amide bonds. The molecule has 3 nitrogen and oxygen atoms in total. The van der Waals surface area contributed by atoms with Crippen LogP contribution in [0.3, 0.4) is 0 Å². The monoisotopic (exact) mass is 338 g/mol. The van der Waals surface area contributed by atoms with Crippen molar-refractivity contribution >= 4 is 5.91 Å². The molecule has 130 valence electrons. The number of piperidine rings is 1. The van der Waals surface area contributed by atoms with Gasteiger partial charge in [0, 0.05) is 18.8 Å². The lowest BCUT2D eigenvalue weighted by Crippen LogP contribution is -2.52. The molecule has 0 spiro atoms. The molecule has 2 aliphatic rings. The number of hydrogen-bond donors (Lipinski definition) is 0. The number of aromatic nitrogens is 1. The smallest absolute Gasteiger partial charge is 0.255 e. The van der Waals surface area contributed by atoms with E-state index in [1.54, 1.807) is 6.07 Å². The van der Waals surface area contributed by atoms with Crippen molar-refractivity contribution in [1.29, 1.82) is 0 Å². The molecule has 1 saturated carbocycles. The fourth-order valence-corrected chi connectivity index (χ4v) is 4.69. The number of carbonyl (C=O) groups is 1. The fraction of sp³-hybridized carbons (Fsp3) is 0.429. The lowest BCUT2D eigenvalue weighted by atomic mass is 9.69. The van der Waals surface area contributed by atoms with Crippen LogP contribution in [0, 0.1) is 11.9 Å². The Bertz CT molecular complexity index is 731. The van der Waals surface area contributed by atoms with E-state index in [0.717, 1.165) is 19.4 Å². The van der Waals surface area contributed by atoms with Crippen molar-refractivity contribution in [3.63, 3.8) is 0 Å². The minimum atomic E-state index is -0.546. The van der Waals surface area contributed by atoms with Crippen molar-refractivity contribution in [2.75, 3.05) is 6.54 Å². The summed E-state index contributed by atoms with van der Waals surface area (Å²) in [7, 11) is 0. The Labute approximate surface area is 147 Å². The van der Waals surface area contributed by atoms with Crippen LogP contribution in [0.4, 0.5) is 4.39 Å². The highest BCUT2D eigenvalue weighted by atomic mass is 19.1. The van der Waals surface area contributed by atoms with Crippen LogP contribution in [-0.4, -0.2) is 28.4 Å². The zero-order chi connectivity index (χ0) is 17.2. The Morgan fingerprint density at radius 3 is 2.60 bits per heavy atom. The molecule has 0 radical (unpaired) electrons. The van der Waals surface area contributed by atoms with Gasteiger partial charge < -0.3 is 4.90 Å². The summed E-state index contributed by atoms with van der Waals surface area (Å²) >= 11 is 0. The van der Waals surface area contributed by atoms with E-state index in [9.17, 15) is 9.18 Å². The van der Waals surface area contributed by atoms with Crippen LogP contribution >= 0.6 is 0 Å². The van der Waals surface area contributed by atoms with Crippen molar-refractivity contribution in [2.24, 2.45) is 5.92 Å². The summed E-state index contributed by atoms with van der Waals surface area (Å²) in [4.78, 5) is 18.6. The van der Waals surface area contributed by atoms with E-state index in [1.165, 1.54) is 37.1 Å². The van der Waals surface area contributed by atoms with E-state index >= 15 is 0 Å². The predicted octanol–water partition coefficient (Wildman–Crippen LogP) is 4.41. The van der Waals surface area contributed by atoms with E-state index in [-0.39, 0.29) is 11.9 Å². The van der Waals surface area contributed by atoms with Gasteiger partial charge in [-0.3, -0.25) is 4.79 Å². The van der Waals surface area contributed by atoms with Gasteiger partial charge in [-0.15, -0.1) is 0 Å². The minimum Gasteiger partial charge on any atom is -0.335 e. The highest BCUT2D eigenvalue weighted by molar-refractivity contribution is 5.94. The van der Waals surface area contributed by atoms with Gasteiger partial charge in [0.2, 0.25) is 5.95 Å². The molecular formula is C21H23FN2O. The first-order chi connectivity index (χ1) is 12.2. The Morgan fingerprint density at radius 1 is 1.04 bits per heavy atom. The third-order valence-electron chi connectivity index (χ3n) is 5.84. The fourth-order valence-electron chi connectivity index (χ4n) is 4.69. The molecule has 1 aliphatic heterocycles. The van der Waals surface area contributed by atoms with Crippen LogP contribution in [-0.2, 0) is 0 Å². The molecule has 1 saturated heterocycles. The molecule has 1 aromatic carbocycles. The molecule has 25 heavy (non-hydrogen) atoms. The van der Waals surface area contributed by atoms with Gasteiger partial charge >= 0.3 is 0 Å². The largest absolute Gasteiger partial charge is 0.335 e. The molecule has 1 aliphatic carbocycles. The summed E-state index contributed by atoms with van der Waals surface area (Å²) in [6.07, 6.45) is 7.01. The van der Waals surface area contributed by atoms with Crippen molar-refractivity contribution in [2.45, 2.75) is 44.1 Å². The number of likely N-dealkylation sites (tertiary alicyclic amines) is 1. The SMILES string of the molecule is O=C(c1ccc(F)nc1)N1CC[C@H](c2ccccc2)[C@H]2CCCC[C@H]21. The van der Waals surface area contributed by atoms with Crippen LogP contribution in [0.5, 0.6) is 0 Å². The van der Waals surface area contributed by atoms with Crippen LogP contribution < -0.4 is 0 Å². The maximum absolute atomic E-state index is 13.1. The normalized spacial score (nSPS) is 26.1. The Balaban J connectivity index is 1.59. The number of rotatable bonds is 2. The Kier molecular flexibility index (Phi) is 4.51. The number of halogens is 1. The quantitative estimate of drug-likeness (QED) is 0.760. The van der Waals surface area contributed by atoms with Gasteiger partial charge in [-0.2, -0.15) is 4.39 Å². The van der Waals surface area contributed by atoms with E-state index in [2.05, 4.69) is 35.3 Å². The van der Waals surface area contributed by atoms with Gasteiger partial charge in [-0.05, 0) is 48.8 Å². The molecular weight excluding hydrogens is 315 g/mol. The maximum atomic E-state index is 13.1. The Morgan fingerprint density at radius 2 is 1.84 bits per heavy atom.